The summed E-state index contributed by atoms with van der Waals surface area (Å²) in [5, 5.41) is 0. The molecule has 0 spiro atoms. The van der Waals surface area contributed by atoms with Crippen molar-refractivity contribution in [1.82, 2.24) is 0 Å². The molecule has 0 aliphatic rings. The van der Waals surface area contributed by atoms with Gasteiger partial charge in [-0.25, -0.2) is 25.3 Å². The van der Waals surface area contributed by atoms with Gasteiger partial charge in [0.05, 0.1) is 14.7 Å². The molecule has 0 fully saturated rings. The quantitative estimate of drug-likeness (QED) is 0.0228. The van der Waals surface area contributed by atoms with E-state index in [0.29, 0.717) is 36.0 Å². The first kappa shape index (κ1) is 94.2. The summed E-state index contributed by atoms with van der Waals surface area (Å²) >= 11 is 0. The maximum atomic E-state index is 11.2. The van der Waals surface area contributed by atoms with Crippen molar-refractivity contribution in [2.45, 2.75) is 247 Å². The summed E-state index contributed by atoms with van der Waals surface area (Å²) in [6.07, 6.45) is 39.5. The van der Waals surface area contributed by atoms with E-state index < -0.39 is 38.2 Å². The zero-order valence-electron chi connectivity index (χ0n) is 49.2. The van der Waals surface area contributed by atoms with E-state index in [1.165, 1.54) is 172 Å². The number of aryl methyl sites for hydroxylation is 3. The van der Waals surface area contributed by atoms with Gasteiger partial charge in [0, 0.05) is 0 Å². The monoisotopic (exact) mass is 1210 g/mol. The molecule has 3 rings (SSSR count). The SMILES string of the molecule is CCCCCCCCCCCCc1ccccc1S(=O)(=O)[O-].CCCCCCCCCCCCc1ccccc1S(=O)(=O)[O-].CCCCCCCCCCCCc1ccccc1S(=O)(=O)[O-].O=P([O-])([O-])[O-].[Na+].[Na+].[Na+].[Na+].[Na+].[Na+]. The Labute approximate surface area is 601 Å². The Hall–Kier alpha value is 3.50. The van der Waals surface area contributed by atoms with Crippen LogP contribution < -0.4 is 192 Å². The predicted octanol–water partition coefficient (Wildman–Crippen LogP) is -5.64. The van der Waals surface area contributed by atoms with E-state index in [1.54, 1.807) is 54.6 Å². The average molecular weight is 1210 g/mol. The molecule has 0 amide bonds. The second-order valence-electron chi connectivity index (χ2n) is 18.4. The molecule has 77 heavy (non-hydrogen) atoms. The van der Waals surface area contributed by atoms with E-state index in [9.17, 15) is 38.9 Å². The largest absolute Gasteiger partial charge is 1.00 e. The molecule has 0 bridgehead atoms. The first-order chi connectivity index (χ1) is 33.7. The van der Waals surface area contributed by atoms with Crippen molar-refractivity contribution in [3.8, 4) is 0 Å². The third-order valence-corrected chi connectivity index (χ3v) is 14.9. The third-order valence-electron chi connectivity index (χ3n) is 12.1. The van der Waals surface area contributed by atoms with Crippen LogP contribution >= 0.6 is 7.82 Å². The van der Waals surface area contributed by atoms with Gasteiger partial charge in [-0.2, -0.15) is 7.82 Å². The van der Waals surface area contributed by atoms with Crippen molar-refractivity contribution in [3.05, 3.63) is 89.5 Å². The number of phosphoric acid groups is 1. The van der Waals surface area contributed by atoms with Gasteiger partial charge in [-0.3, -0.25) is 0 Å². The van der Waals surface area contributed by atoms with Gasteiger partial charge in [-0.1, -0.05) is 249 Å². The van der Waals surface area contributed by atoms with Gasteiger partial charge in [0.2, 0.25) is 0 Å². The van der Waals surface area contributed by atoms with Crippen LogP contribution in [0.1, 0.15) is 230 Å². The standard InChI is InChI=1S/3C18H30O3S.6Na.H3O4P/c3*1-2-3-4-5-6-7-8-9-10-11-14-17-15-12-13-16-18(17)22(19,20)21;;;;;;;1-5(2,3)4/h3*12-13,15-16H,2-11,14H2,1H3,(H,19,20,21);;;;;;;(H3,1,2,3,4)/q;;;6*+1;/p-6. The van der Waals surface area contributed by atoms with Crippen molar-refractivity contribution >= 4 is 38.2 Å². The van der Waals surface area contributed by atoms with Crippen LogP contribution in [0.25, 0.3) is 0 Å². The maximum Gasteiger partial charge on any atom is 1.00 e. The van der Waals surface area contributed by atoms with Gasteiger partial charge in [0.25, 0.3) is 0 Å². The van der Waals surface area contributed by atoms with Gasteiger partial charge in [-0.15, -0.1) is 0 Å². The molecule has 3 aromatic rings. The fourth-order valence-electron chi connectivity index (χ4n) is 8.27. The Morgan fingerprint density at radius 2 is 0.442 bits per heavy atom. The number of rotatable bonds is 36. The molecule has 13 nitrogen and oxygen atoms in total. The van der Waals surface area contributed by atoms with Crippen LogP contribution in [0.2, 0.25) is 0 Å². The van der Waals surface area contributed by atoms with E-state index in [2.05, 4.69) is 20.8 Å². The smallest absolute Gasteiger partial charge is 0.822 e. The summed E-state index contributed by atoms with van der Waals surface area (Å²) in [4.78, 5) is 25.5. The van der Waals surface area contributed by atoms with Crippen molar-refractivity contribution in [2.24, 2.45) is 0 Å². The molecule has 410 valence electrons. The molecule has 0 aromatic heterocycles. The maximum absolute atomic E-state index is 11.2. The van der Waals surface area contributed by atoms with Crippen LogP contribution in [0.3, 0.4) is 0 Å². The van der Waals surface area contributed by atoms with Gasteiger partial charge in [0.15, 0.2) is 0 Å². The third kappa shape index (κ3) is 58.3. The van der Waals surface area contributed by atoms with Gasteiger partial charge in [-0.05, 0) is 73.4 Å². The number of hydrogen-bond donors (Lipinski definition) is 0. The number of unbranched alkanes of at least 4 members (excludes halogenated alkanes) is 27. The molecule has 0 unspecified atom stereocenters. The summed E-state index contributed by atoms with van der Waals surface area (Å²) in [5.74, 6) is 0. The number of benzene rings is 3. The zero-order chi connectivity index (χ0) is 53.3. The second-order valence-corrected chi connectivity index (χ2v) is 23.4. The summed E-state index contributed by atoms with van der Waals surface area (Å²) in [7, 11) is -18.4. The molecule has 0 heterocycles. The predicted molar refractivity (Wildman–Crippen MR) is 277 cm³/mol. The molecule has 0 radical (unpaired) electrons. The minimum atomic E-state index is -5.39. The van der Waals surface area contributed by atoms with E-state index in [1.807, 2.05) is 0 Å². The summed E-state index contributed by atoms with van der Waals surface area (Å²) < 4.78 is 109. The van der Waals surface area contributed by atoms with Crippen LogP contribution in [0.4, 0.5) is 0 Å². The molecular formula is C54H87Na6O13PS3. The Kier molecular flexibility index (Phi) is 73.2. The van der Waals surface area contributed by atoms with Crippen LogP contribution in [-0.2, 0) is 54.2 Å². The first-order valence-electron chi connectivity index (χ1n) is 26.5. The van der Waals surface area contributed by atoms with E-state index in [-0.39, 0.29) is 192 Å². The molecule has 23 heteroatoms. The van der Waals surface area contributed by atoms with Gasteiger partial charge < -0.3 is 32.9 Å². The van der Waals surface area contributed by atoms with Gasteiger partial charge >= 0.3 is 177 Å². The molecule has 0 aliphatic carbocycles. The fraction of sp³-hybridized carbons (Fsp3) is 0.667. The Balaban J connectivity index is -0.000000176. The minimum absolute atomic E-state index is 0. The van der Waals surface area contributed by atoms with E-state index >= 15 is 0 Å². The van der Waals surface area contributed by atoms with Crippen molar-refractivity contribution in [3.63, 3.8) is 0 Å². The van der Waals surface area contributed by atoms with Crippen molar-refractivity contribution in [1.29, 1.82) is 0 Å². The average Bonchev–Trinajstić information content (AvgIpc) is 3.30. The minimum Gasteiger partial charge on any atom is -0.822 e. The van der Waals surface area contributed by atoms with E-state index in [0.717, 1.165) is 38.5 Å². The summed E-state index contributed by atoms with van der Waals surface area (Å²) in [5.41, 5.74) is 1.99. The topological polar surface area (TPSA) is 258 Å². The summed E-state index contributed by atoms with van der Waals surface area (Å²) in [6, 6.07) is 19.7. The molecule has 0 atom stereocenters. The van der Waals surface area contributed by atoms with Crippen LogP contribution in [0, 0.1) is 0 Å². The normalized spacial score (nSPS) is 10.8. The molecule has 3 aromatic carbocycles. The van der Waals surface area contributed by atoms with Crippen molar-refractivity contribution < 1.29 is 236 Å². The van der Waals surface area contributed by atoms with E-state index in [4.69, 9.17) is 19.2 Å². The Morgan fingerprint density at radius 3 is 0.597 bits per heavy atom. The molecule has 0 saturated carbocycles. The van der Waals surface area contributed by atoms with Gasteiger partial charge in [0.1, 0.15) is 30.4 Å². The zero-order valence-corrected chi connectivity index (χ0v) is 64.6. The molecule has 0 aliphatic heterocycles. The number of hydrogen-bond acceptors (Lipinski definition) is 13. The van der Waals surface area contributed by atoms with Crippen molar-refractivity contribution in [2.75, 3.05) is 0 Å². The summed E-state index contributed by atoms with van der Waals surface area (Å²) in [6.45, 7) is 6.70. The van der Waals surface area contributed by atoms with Crippen LogP contribution in [-0.4, -0.2) is 38.9 Å². The Bertz CT molecular complexity index is 1950. The first-order valence-corrected chi connectivity index (χ1v) is 32.2. The molecule has 0 saturated heterocycles. The van der Waals surface area contributed by atoms with Crippen LogP contribution in [0.15, 0.2) is 87.5 Å². The Morgan fingerprint density at radius 1 is 0.299 bits per heavy atom. The second kappa shape index (κ2) is 59.8. The molecular weight excluding hydrogens is 1120 g/mol. The molecule has 0 N–H and O–H groups in total. The van der Waals surface area contributed by atoms with Crippen LogP contribution in [0.5, 0.6) is 0 Å². The fourth-order valence-corrected chi connectivity index (χ4v) is 10.5.